The van der Waals surface area contributed by atoms with Gasteiger partial charge in [0, 0.05) is 6.07 Å². The third kappa shape index (κ3) is 3.05. The minimum atomic E-state index is -0.425. The van der Waals surface area contributed by atoms with Crippen molar-refractivity contribution in [1.82, 2.24) is 5.32 Å². The van der Waals surface area contributed by atoms with Gasteiger partial charge in [-0.3, -0.25) is 14.9 Å². The Balaban J connectivity index is 2.23. The van der Waals surface area contributed by atoms with E-state index in [2.05, 4.69) is 10.6 Å². The third-order valence-electron chi connectivity index (χ3n) is 4.47. The van der Waals surface area contributed by atoms with Crippen molar-refractivity contribution in [3.05, 3.63) is 33.9 Å². The molecular weight excluding hydrogens is 270 g/mol. The number of nitrogens with zero attached hydrogens (tertiary/aromatic N) is 1. The molecule has 21 heavy (non-hydrogen) atoms. The average Bonchev–Trinajstić information content (AvgIpc) is 2.49. The average molecular weight is 291 g/mol. The molecule has 1 saturated heterocycles. The molecule has 0 spiro atoms. The summed E-state index contributed by atoms with van der Waals surface area (Å²) in [4.78, 5) is 23.2. The highest BCUT2D eigenvalue weighted by Crippen LogP contribution is 2.35. The molecule has 1 fully saturated rings. The monoisotopic (exact) mass is 291 g/mol. The number of amides is 1. The standard InChI is InChI=1S/C15H21N3O3/c1-3-15(7-9-16-10-8-15)14(19)17-12-5-4-6-13(11(12)2)18(20)21/h4-6,16H,3,7-10H2,1-2H3,(H,17,19). The lowest BCUT2D eigenvalue weighted by Gasteiger charge is -2.35. The Morgan fingerprint density at radius 3 is 2.67 bits per heavy atom. The number of hydrogen-bond donors (Lipinski definition) is 2. The molecule has 0 aliphatic carbocycles. The summed E-state index contributed by atoms with van der Waals surface area (Å²) < 4.78 is 0. The lowest BCUT2D eigenvalue weighted by Crippen LogP contribution is -2.44. The number of carbonyl (C=O) groups excluding carboxylic acids is 1. The summed E-state index contributed by atoms with van der Waals surface area (Å²) in [5.74, 6) is -0.0323. The van der Waals surface area contributed by atoms with Crippen LogP contribution >= 0.6 is 0 Å². The van der Waals surface area contributed by atoms with Crippen LogP contribution in [0, 0.1) is 22.5 Å². The summed E-state index contributed by atoms with van der Waals surface area (Å²) in [6.45, 7) is 5.34. The van der Waals surface area contributed by atoms with Crippen molar-refractivity contribution in [2.24, 2.45) is 5.41 Å². The molecule has 2 rings (SSSR count). The lowest BCUT2D eigenvalue weighted by atomic mass is 9.76. The van der Waals surface area contributed by atoms with Crippen molar-refractivity contribution in [3.63, 3.8) is 0 Å². The van der Waals surface area contributed by atoms with Crippen LogP contribution in [0.4, 0.5) is 11.4 Å². The molecule has 2 N–H and O–H groups in total. The smallest absolute Gasteiger partial charge is 0.274 e. The minimum absolute atomic E-state index is 0.0312. The van der Waals surface area contributed by atoms with Crippen LogP contribution < -0.4 is 10.6 Å². The quantitative estimate of drug-likeness (QED) is 0.659. The lowest BCUT2D eigenvalue weighted by molar-refractivity contribution is -0.385. The van der Waals surface area contributed by atoms with Crippen molar-refractivity contribution in [3.8, 4) is 0 Å². The SMILES string of the molecule is CCC1(C(=O)Nc2cccc([N+](=O)[O-])c2C)CCNCC1. The normalized spacial score (nSPS) is 17.2. The molecule has 1 aliphatic rings. The van der Waals surface area contributed by atoms with E-state index in [1.165, 1.54) is 6.07 Å². The molecule has 1 aliphatic heterocycles. The molecule has 0 aromatic heterocycles. The fourth-order valence-corrected chi connectivity index (χ4v) is 2.86. The summed E-state index contributed by atoms with van der Waals surface area (Å²) in [7, 11) is 0. The van der Waals surface area contributed by atoms with Crippen LogP contribution in [0.25, 0.3) is 0 Å². The van der Waals surface area contributed by atoms with Gasteiger partial charge in [-0.2, -0.15) is 0 Å². The van der Waals surface area contributed by atoms with E-state index in [4.69, 9.17) is 0 Å². The maximum absolute atomic E-state index is 12.6. The van der Waals surface area contributed by atoms with Crippen LogP contribution in [-0.4, -0.2) is 23.9 Å². The predicted octanol–water partition coefficient (Wildman–Crippen LogP) is 2.62. The van der Waals surface area contributed by atoms with E-state index in [1.807, 2.05) is 6.92 Å². The molecule has 0 saturated carbocycles. The fraction of sp³-hybridized carbons (Fsp3) is 0.533. The van der Waals surface area contributed by atoms with E-state index in [0.29, 0.717) is 11.3 Å². The van der Waals surface area contributed by atoms with Crippen molar-refractivity contribution in [1.29, 1.82) is 0 Å². The molecule has 6 heteroatoms. The zero-order chi connectivity index (χ0) is 15.5. The van der Waals surface area contributed by atoms with Gasteiger partial charge < -0.3 is 10.6 Å². The van der Waals surface area contributed by atoms with Crippen molar-refractivity contribution < 1.29 is 9.72 Å². The number of hydrogen-bond acceptors (Lipinski definition) is 4. The van der Waals surface area contributed by atoms with Gasteiger partial charge >= 0.3 is 0 Å². The summed E-state index contributed by atoms with van der Waals surface area (Å²) in [6, 6.07) is 4.76. The second kappa shape index (κ2) is 6.22. The Morgan fingerprint density at radius 2 is 2.10 bits per heavy atom. The number of nitro benzene ring substituents is 1. The first kappa shape index (κ1) is 15.4. The van der Waals surface area contributed by atoms with Crippen molar-refractivity contribution >= 4 is 17.3 Å². The number of rotatable bonds is 4. The topological polar surface area (TPSA) is 84.3 Å². The van der Waals surface area contributed by atoms with Gasteiger partial charge in [-0.15, -0.1) is 0 Å². The van der Waals surface area contributed by atoms with E-state index in [0.717, 1.165) is 32.4 Å². The number of nitro groups is 1. The van der Waals surface area contributed by atoms with Gasteiger partial charge in [0.2, 0.25) is 5.91 Å². The highest BCUT2D eigenvalue weighted by Gasteiger charge is 2.38. The van der Waals surface area contributed by atoms with E-state index in [1.54, 1.807) is 19.1 Å². The molecular formula is C15H21N3O3. The van der Waals surface area contributed by atoms with Crippen molar-refractivity contribution in [2.45, 2.75) is 33.1 Å². The van der Waals surface area contributed by atoms with Gasteiger partial charge in [0.25, 0.3) is 5.69 Å². The summed E-state index contributed by atoms with van der Waals surface area (Å²) in [5, 5.41) is 17.1. The maximum atomic E-state index is 12.6. The highest BCUT2D eigenvalue weighted by atomic mass is 16.6. The van der Waals surface area contributed by atoms with E-state index in [9.17, 15) is 14.9 Å². The molecule has 114 valence electrons. The first-order valence-corrected chi connectivity index (χ1v) is 7.26. The molecule has 0 bridgehead atoms. The highest BCUT2D eigenvalue weighted by molar-refractivity contribution is 5.96. The largest absolute Gasteiger partial charge is 0.325 e. The zero-order valence-corrected chi connectivity index (χ0v) is 12.4. The van der Waals surface area contributed by atoms with Crippen LogP contribution in [0.5, 0.6) is 0 Å². The molecule has 6 nitrogen and oxygen atoms in total. The van der Waals surface area contributed by atoms with Crippen LogP contribution in [-0.2, 0) is 4.79 Å². The summed E-state index contributed by atoms with van der Waals surface area (Å²) >= 11 is 0. The molecule has 1 amide bonds. The molecule has 1 heterocycles. The Morgan fingerprint density at radius 1 is 1.43 bits per heavy atom. The molecule has 0 atom stereocenters. The third-order valence-corrected chi connectivity index (χ3v) is 4.47. The van der Waals surface area contributed by atoms with Gasteiger partial charge in [-0.05, 0) is 45.3 Å². The number of benzene rings is 1. The summed E-state index contributed by atoms with van der Waals surface area (Å²) in [6.07, 6.45) is 2.36. The van der Waals surface area contributed by atoms with E-state index >= 15 is 0 Å². The van der Waals surface area contributed by atoms with E-state index in [-0.39, 0.29) is 17.0 Å². The second-order valence-corrected chi connectivity index (χ2v) is 5.54. The maximum Gasteiger partial charge on any atom is 0.274 e. The van der Waals surface area contributed by atoms with Crippen LogP contribution in [0.15, 0.2) is 18.2 Å². The molecule has 0 unspecified atom stereocenters. The van der Waals surface area contributed by atoms with Crippen LogP contribution in [0.3, 0.4) is 0 Å². The van der Waals surface area contributed by atoms with Gasteiger partial charge in [0.15, 0.2) is 0 Å². The Bertz CT molecular complexity index is 551. The first-order chi connectivity index (χ1) is 10.00. The van der Waals surface area contributed by atoms with Crippen LogP contribution in [0.1, 0.15) is 31.7 Å². The number of nitrogens with one attached hydrogen (secondary N) is 2. The number of anilines is 1. The Labute approximate surface area is 124 Å². The predicted molar refractivity (Wildman–Crippen MR) is 81.3 cm³/mol. The Hall–Kier alpha value is -1.95. The van der Waals surface area contributed by atoms with Crippen molar-refractivity contribution in [2.75, 3.05) is 18.4 Å². The molecule has 1 aromatic rings. The van der Waals surface area contributed by atoms with Gasteiger partial charge in [0.05, 0.1) is 21.6 Å². The van der Waals surface area contributed by atoms with Gasteiger partial charge in [-0.1, -0.05) is 13.0 Å². The minimum Gasteiger partial charge on any atom is -0.325 e. The number of piperidine rings is 1. The van der Waals surface area contributed by atoms with Gasteiger partial charge in [0.1, 0.15) is 0 Å². The Kier molecular flexibility index (Phi) is 4.57. The van der Waals surface area contributed by atoms with E-state index < -0.39 is 4.92 Å². The second-order valence-electron chi connectivity index (χ2n) is 5.54. The molecule has 0 radical (unpaired) electrons. The fourth-order valence-electron chi connectivity index (χ4n) is 2.86. The summed E-state index contributed by atoms with van der Waals surface area (Å²) in [5.41, 5.74) is 0.683. The number of carbonyl (C=O) groups is 1. The van der Waals surface area contributed by atoms with Crippen LogP contribution in [0.2, 0.25) is 0 Å². The first-order valence-electron chi connectivity index (χ1n) is 7.26. The van der Waals surface area contributed by atoms with Gasteiger partial charge in [-0.25, -0.2) is 0 Å². The zero-order valence-electron chi connectivity index (χ0n) is 12.4. The molecule has 1 aromatic carbocycles.